The predicted octanol–water partition coefficient (Wildman–Crippen LogP) is 3.32. The third-order valence-corrected chi connectivity index (χ3v) is 3.08. The summed E-state index contributed by atoms with van der Waals surface area (Å²) in [6.07, 6.45) is -0.104. The van der Waals surface area contributed by atoms with E-state index in [1.807, 2.05) is 13.8 Å². The van der Waals surface area contributed by atoms with Crippen LogP contribution in [0.4, 0.5) is 0 Å². The summed E-state index contributed by atoms with van der Waals surface area (Å²) in [5.74, 6) is -0.325. The van der Waals surface area contributed by atoms with Gasteiger partial charge < -0.3 is 25.1 Å². The Balaban J connectivity index is 2.14. The molecule has 0 aliphatic rings. The van der Waals surface area contributed by atoms with Gasteiger partial charge in [0.2, 0.25) is 0 Å². The number of phenols is 1. The summed E-state index contributed by atoms with van der Waals surface area (Å²) in [6, 6.07) is 10.7. The summed E-state index contributed by atoms with van der Waals surface area (Å²) in [6.45, 7) is 3.62. The molecule has 0 amide bonds. The molecule has 0 aromatic heterocycles. The molecule has 0 fully saturated rings. The van der Waals surface area contributed by atoms with Crippen LogP contribution in [0.2, 0.25) is 0 Å². The summed E-state index contributed by atoms with van der Waals surface area (Å²) in [5, 5.41) is 26.6. The number of nitrogens with one attached hydrogen (secondary N) is 1. The van der Waals surface area contributed by atoms with Crippen LogP contribution in [-0.2, 0) is 0 Å². The highest BCUT2D eigenvalue weighted by Gasteiger charge is 2.11. The van der Waals surface area contributed by atoms with Crippen molar-refractivity contribution in [2.24, 2.45) is 0 Å². The molecule has 6 nitrogen and oxygen atoms in total. The minimum atomic E-state index is -1.09. The molecule has 3 N–H and O–H groups in total. The maximum atomic E-state index is 11.2. The van der Waals surface area contributed by atoms with Crippen molar-refractivity contribution in [2.45, 2.75) is 20.0 Å². The molecule has 0 bridgehead atoms. The highest BCUT2D eigenvalue weighted by Crippen LogP contribution is 2.24. The summed E-state index contributed by atoms with van der Waals surface area (Å²) in [4.78, 5) is 11.2. The number of benzene rings is 2. The van der Waals surface area contributed by atoms with Gasteiger partial charge in [-0.05, 0) is 38.1 Å². The largest absolute Gasteiger partial charge is 0.508 e. The van der Waals surface area contributed by atoms with Gasteiger partial charge in [0.05, 0.1) is 17.4 Å². The van der Waals surface area contributed by atoms with Gasteiger partial charge in [0.15, 0.2) is 0 Å². The third-order valence-electron chi connectivity index (χ3n) is 3.08. The van der Waals surface area contributed by atoms with Gasteiger partial charge in [0, 0.05) is 11.6 Å². The number of rotatable bonds is 7. The van der Waals surface area contributed by atoms with Gasteiger partial charge in [0.1, 0.15) is 23.9 Å². The lowest BCUT2D eigenvalue weighted by Crippen LogP contribution is -2.12. The fourth-order valence-corrected chi connectivity index (χ4v) is 2.05. The lowest BCUT2D eigenvalue weighted by Gasteiger charge is -2.13. The second-order valence-corrected chi connectivity index (χ2v) is 5.48. The van der Waals surface area contributed by atoms with E-state index >= 15 is 0 Å². The van der Waals surface area contributed by atoms with Gasteiger partial charge in [-0.3, -0.25) is 0 Å². The van der Waals surface area contributed by atoms with Crippen molar-refractivity contribution in [2.75, 3.05) is 6.61 Å². The molecular weight excluding hydrogens is 310 g/mol. The standard InChI is InChI=1S/C18H19NO5/c1-11(2)24-16-8-13(18(21)22)7-15(9-16)23-10-17(19)12-4-3-5-14(20)6-12/h3-9,11,19-20H,10H2,1-2H3,(H,21,22). The van der Waals surface area contributed by atoms with Gasteiger partial charge >= 0.3 is 5.97 Å². The Morgan fingerprint density at radius 2 is 1.83 bits per heavy atom. The summed E-state index contributed by atoms with van der Waals surface area (Å²) < 4.78 is 11.0. The van der Waals surface area contributed by atoms with Crippen LogP contribution in [0.25, 0.3) is 0 Å². The average molecular weight is 329 g/mol. The monoisotopic (exact) mass is 329 g/mol. The summed E-state index contributed by atoms with van der Waals surface area (Å²) in [5.41, 5.74) is 0.744. The highest BCUT2D eigenvalue weighted by atomic mass is 16.5. The van der Waals surface area contributed by atoms with Crippen molar-refractivity contribution in [1.82, 2.24) is 0 Å². The minimum absolute atomic E-state index is 0.0482. The Hall–Kier alpha value is -3.02. The van der Waals surface area contributed by atoms with E-state index in [-0.39, 0.29) is 29.7 Å². The zero-order chi connectivity index (χ0) is 17.7. The number of aromatic hydroxyl groups is 1. The van der Waals surface area contributed by atoms with Crippen molar-refractivity contribution < 1.29 is 24.5 Å². The van der Waals surface area contributed by atoms with E-state index in [1.165, 1.54) is 24.3 Å². The number of hydrogen-bond acceptors (Lipinski definition) is 5. The molecule has 0 atom stereocenters. The number of carboxylic acid groups (broad SMARTS) is 1. The first-order valence-electron chi connectivity index (χ1n) is 7.40. The first-order chi connectivity index (χ1) is 11.3. The minimum Gasteiger partial charge on any atom is -0.508 e. The average Bonchev–Trinajstić information content (AvgIpc) is 2.51. The van der Waals surface area contributed by atoms with Gasteiger partial charge in [-0.15, -0.1) is 0 Å². The first kappa shape index (κ1) is 17.3. The molecule has 0 radical (unpaired) electrons. The predicted molar refractivity (Wildman–Crippen MR) is 89.6 cm³/mol. The van der Waals surface area contributed by atoms with Gasteiger partial charge in [-0.1, -0.05) is 12.1 Å². The number of carbonyl (C=O) groups is 1. The van der Waals surface area contributed by atoms with E-state index in [4.69, 9.17) is 14.9 Å². The van der Waals surface area contributed by atoms with Gasteiger partial charge in [-0.2, -0.15) is 0 Å². The summed E-state index contributed by atoms with van der Waals surface area (Å²) >= 11 is 0. The molecule has 0 unspecified atom stereocenters. The summed E-state index contributed by atoms with van der Waals surface area (Å²) in [7, 11) is 0. The maximum Gasteiger partial charge on any atom is 0.335 e. The molecule has 0 saturated carbocycles. The Bertz CT molecular complexity index is 755. The smallest absolute Gasteiger partial charge is 0.335 e. The van der Waals surface area contributed by atoms with Crippen LogP contribution in [0, 0.1) is 5.41 Å². The molecule has 2 aromatic carbocycles. The lowest BCUT2D eigenvalue weighted by atomic mass is 10.1. The molecule has 24 heavy (non-hydrogen) atoms. The Kier molecular flexibility index (Phi) is 5.42. The second kappa shape index (κ2) is 7.50. The SMILES string of the molecule is CC(C)Oc1cc(OCC(=N)c2cccc(O)c2)cc(C(=O)O)c1. The van der Waals surface area contributed by atoms with Crippen LogP contribution < -0.4 is 9.47 Å². The molecule has 0 aliphatic heterocycles. The van der Waals surface area contributed by atoms with Crippen molar-refractivity contribution >= 4 is 11.7 Å². The maximum absolute atomic E-state index is 11.2. The molecule has 0 saturated heterocycles. The van der Waals surface area contributed by atoms with Crippen LogP contribution in [-0.4, -0.2) is 34.6 Å². The van der Waals surface area contributed by atoms with E-state index in [9.17, 15) is 15.0 Å². The fourth-order valence-electron chi connectivity index (χ4n) is 2.05. The fraction of sp³-hybridized carbons (Fsp3) is 0.222. The Labute approximate surface area is 139 Å². The van der Waals surface area contributed by atoms with Gasteiger partial charge in [-0.25, -0.2) is 4.79 Å². The Morgan fingerprint density at radius 3 is 2.46 bits per heavy atom. The van der Waals surface area contributed by atoms with Gasteiger partial charge in [0.25, 0.3) is 0 Å². The second-order valence-electron chi connectivity index (χ2n) is 5.48. The molecule has 0 heterocycles. The van der Waals surface area contributed by atoms with Crippen molar-refractivity contribution in [3.63, 3.8) is 0 Å². The topological polar surface area (TPSA) is 99.8 Å². The number of phenolic OH excluding ortho intramolecular Hbond substituents is 1. The van der Waals surface area contributed by atoms with Crippen LogP contribution in [0.5, 0.6) is 17.2 Å². The number of aromatic carboxylic acids is 1. The van der Waals surface area contributed by atoms with Crippen LogP contribution in [0.3, 0.4) is 0 Å². The van der Waals surface area contributed by atoms with Crippen molar-refractivity contribution in [1.29, 1.82) is 5.41 Å². The van der Waals surface area contributed by atoms with E-state index in [0.29, 0.717) is 17.1 Å². The molecular formula is C18H19NO5. The molecule has 0 aliphatic carbocycles. The van der Waals surface area contributed by atoms with E-state index in [2.05, 4.69) is 0 Å². The van der Waals surface area contributed by atoms with E-state index < -0.39 is 5.97 Å². The Morgan fingerprint density at radius 1 is 1.12 bits per heavy atom. The highest BCUT2D eigenvalue weighted by molar-refractivity contribution is 5.99. The van der Waals surface area contributed by atoms with Crippen molar-refractivity contribution in [3.8, 4) is 17.2 Å². The number of ether oxygens (including phenoxy) is 2. The zero-order valence-corrected chi connectivity index (χ0v) is 13.4. The van der Waals surface area contributed by atoms with Crippen LogP contribution >= 0.6 is 0 Å². The molecule has 126 valence electrons. The number of hydrogen-bond donors (Lipinski definition) is 3. The molecule has 0 spiro atoms. The van der Waals surface area contributed by atoms with Crippen LogP contribution in [0.15, 0.2) is 42.5 Å². The number of carboxylic acids is 1. The first-order valence-corrected chi connectivity index (χ1v) is 7.40. The normalized spacial score (nSPS) is 10.5. The molecule has 2 rings (SSSR count). The lowest BCUT2D eigenvalue weighted by molar-refractivity contribution is 0.0695. The van der Waals surface area contributed by atoms with E-state index in [0.717, 1.165) is 0 Å². The quantitative estimate of drug-likeness (QED) is 0.677. The zero-order valence-electron chi connectivity index (χ0n) is 13.4. The molecule has 2 aromatic rings. The third kappa shape index (κ3) is 4.74. The molecule has 6 heteroatoms. The van der Waals surface area contributed by atoms with Crippen LogP contribution in [0.1, 0.15) is 29.8 Å². The van der Waals surface area contributed by atoms with Crippen molar-refractivity contribution in [3.05, 3.63) is 53.6 Å². The van der Waals surface area contributed by atoms with E-state index in [1.54, 1.807) is 18.2 Å².